The minimum absolute atomic E-state index is 0.116. The monoisotopic (exact) mass is 849 g/mol. The molecule has 0 heterocycles. The van der Waals surface area contributed by atoms with Crippen LogP contribution in [0.1, 0.15) is 226 Å². The van der Waals surface area contributed by atoms with E-state index in [0.717, 1.165) is 70.6 Å². The molecule has 0 aromatic carbocycles. The molecule has 0 aliphatic heterocycles. The molecular weight excluding hydrogens is 757 g/mol. The van der Waals surface area contributed by atoms with Gasteiger partial charge >= 0.3 is 17.9 Å². The van der Waals surface area contributed by atoms with Gasteiger partial charge in [0.15, 0.2) is 6.10 Å². The van der Waals surface area contributed by atoms with Crippen molar-refractivity contribution >= 4 is 17.9 Å². The summed E-state index contributed by atoms with van der Waals surface area (Å²) in [4.78, 5) is 37.8. The Morgan fingerprint density at radius 3 is 1.13 bits per heavy atom. The number of hydrogen-bond donors (Lipinski definition) is 0. The number of carbonyl (C=O) groups excluding carboxylic acids is 3. The zero-order chi connectivity index (χ0) is 44.4. The number of hydrogen-bond acceptors (Lipinski definition) is 6. The molecule has 0 fully saturated rings. The Morgan fingerprint density at radius 2 is 0.689 bits per heavy atom. The van der Waals surface area contributed by atoms with E-state index in [1.807, 2.05) is 6.08 Å². The second-order valence-electron chi connectivity index (χ2n) is 16.3. The van der Waals surface area contributed by atoms with Gasteiger partial charge in [0, 0.05) is 19.3 Å². The van der Waals surface area contributed by atoms with Crippen LogP contribution in [-0.4, -0.2) is 37.2 Å². The maximum absolute atomic E-state index is 12.7. The summed E-state index contributed by atoms with van der Waals surface area (Å²) in [5.74, 6) is -1.05. The Kier molecular flexibility index (Phi) is 46.5. The third-order valence-corrected chi connectivity index (χ3v) is 10.4. The molecule has 0 aromatic heterocycles. The van der Waals surface area contributed by atoms with Crippen LogP contribution in [0.3, 0.4) is 0 Å². The first-order valence-electron chi connectivity index (χ1n) is 25.1. The second kappa shape index (κ2) is 49.2. The third kappa shape index (κ3) is 47.5. The lowest BCUT2D eigenvalue weighted by molar-refractivity contribution is -0.166. The molecule has 0 amide bonds. The molecule has 6 heteroatoms. The van der Waals surface area contributed by atoms with E-state index in [0.29, 0.717) is 19.3 Å². The van der Waals surface area contributed by atoms with Crippen molar-refractivity contribution in [3.63, 3.8) is 0 Å². The standard InChI is InChI=1S/C55H92O6/c1-4-7-10-13-16-19-22-25-26-27-28-31-33-36-39-42-45-48-54(57)60-51-52(61-55(58)49-46-43-40-37-34-30-24-21-18-15-12-9-6-3)50-59-53(56)47-44-41-38-35-32-29-23-20-17-14-11-8-5-2/h7,10,16,19,25-26,28,30-31,34,36,39-40,43,52H,4-6,8-9,11-15,17-18,20-24,27,29,32-33,35,37-38,41-42,44-51H2,1-3H3/b10-7-,19-16-,26-25-,31-28-,34-30-,39-36-,43-40-. The van der Waals surface area contributed by atoms with Gasteiger partial charge in [-0.15, -0.1) is 0 Å². The normalized spacial score (nSPS) is 12.8. The maximum Gasteiger partial charge on any atom is 0.306 e. The van der Waals surface area contributed by atoms with Gasteiger partial charge in [0.1, 0.15) is 13.2 Å². The minimum atomic E-state index is -0.827. The molecule has 0 aliphatic carbocycles. The van der Waals surface area contributed by atoms with Crippen molar-refractivity contribution in [3.8, 4) is 0 Å². The minimum Gasteiger partial charge on any atom is -0.462 e. The number of allylic oxidation sites excluding steroid dienone is 14. The largest absolute Gasteiger partial charge is 0.462 e. The Morgan fingerprint density at radius 1 is 0.344 bits per heavy atom. The topological polar surface area (TPSA) is 78.9 Å². The molecule has 6 nitrogen and oxygen atoms in total. The van der Waals surface area contributed by atoms with Gasteiger partial charge in [-0.3, -0.25) is 14.4 Å². The SMILES string of the molecule is CC/C=C\C/C=C\C/C=C\C/C=C\C/C=C\CCCC(=O)OCC(COC(=O)CCCCCCCCCCCCCCC)OC(=O)CC/C=C\C/C=C\CCCCCCCC. The summed E-state index contributed by atoms with van der Waals surface area (Å²) in [5.41, 5.74) is 0. The lowest BCUT2D eigenvalue weighted by Crippen LogP contribution is -2.30. The van der Waals surface area contributed by atoms with Gasteiger partial charge in [0.2, 0.25) is 0 Å². The van der Waals surface area contributed by atoms with Crippen LogP contribution >= 0.6 is 0 Å². The number of ether oxygens (including phenoxy) is 3. The molecule has 0 spiro atoms. The van der Waals surface area contributed by atoms with Crippen molar-refractivity contribution in [2.45, 2.75) is 232 Å². The Labute approximate surface area is 375 Å². The fourth-order valence-electron chi connectivity index (χ4n) is 6.65. The van der Waals surface area contributed by atoms with Crippen LogP contribution in [0.2, 0.25) is 0 Å². The molecular formula is C55H92O6. The molecule has 1 atom stereocenters. The van der Waals surface area contributed by atoms with E-state index in [-0.39, 0.29) is 38.0 Å². The van der Waals surface area contributed by atoms with Crippen molar-refractivity contribution < 1.29 is 28.6 Å². The first-order valence-corrected chi connectivity index (χ1v) is 25.1. The Bertz CT molecular complexity index is 1200. The highest BCUT2D eigenvalue weighted by atomic mass is 16.6. The predicted molar refractivity (Wildman–Crippen MR) is 261 cm³/mol. The molecule has 0 aromatic rings. The first-order chi connectivity index (χ1) is 30.0. The highest BCUT2D eigenvalue weighted by molar-refractivity contribution is 5.71. The molecule has 0 radical (unpaired) electrons. The smallest absolute Gasteiger partial charge is 0.306 e. The molecule has 0 aliphatic rings. The first kappa shape index (κ1) is 57.6. The lowest BCUT2D eigenvalue weighted by Gasteiger charge is -2.18. The van der Waals surface area contributed by atoms with Crippen molar-refractivity contribution in [1.29, 1.82) is 0 Å². The van der Waals surface area contributed by atoms with Crippen molar-refractivity contribution in [1.82, 2.24) is 0 Å². The van der Waals surface area contributed by atoms with E-state index < -0.39 is 12.1 Å². The molecule has 348 valence electrons. The lowest BCUT2D eigenvalue weighted by atomic mass is 10.0. The molecule has 0 N–H and O–H groups in total. The number of esters is 3. The van der Waals surface area contributed by atoms with Crippen LogP contribution in [0.25, 0.3) is 0 Å². The van der Waals surface area contributed by atoms with E-state index in [4.69, 9.17) is 14.2 Å². The highest BCUT2D eigenvalue weighted by Crippen LogP contribution is 2.14. The van der Waals surface area contributed by atoms with E-state index in [9.17, 15) is 14.4 Å². The average Bonchev–Trinajstić information content (AvgIpc) is 3.26. The van der Waals surface area contributed by atoms with Crippen LogP contribution in [0.5, 0.6) is 0 Å². The van der Waals surface area contributed by atoms with Gasteiger partial charge < -0.3 is 14.2 Å². The van der Waals surface area contributed by atoms with Gasteiger partial charge in [0.25, 0.3) is 0 Å². The summed E-state index contributed by atoms with van der Waals surface area (Å²) in [5, 5.41) is 0. The molecule has 0 saturated heterocycles. The predicted octanol–water partition coefficient (Wildman–Crippen LogP) is 16.4. The molecule has 1 unspecified atom stereocenters. The summed E-state index contributed by atoms with van der Waals surface area (Å²) >= 11 is 0. The van der Waals surface area contributed by atoms with Gasteiger partial charge in [-0.25, -0.2) is 0 Å². The molecule has 0 saturated carbocycles. The third-order valence-electron chi connectivity index (χ3n) is 10.4. The summed E-state index contributed by atoms with van der Waals surface area (Å²) < 4.78 is 16.7. The average molecular weight is 849 g/mol. The van der Waals surface area contributed by atoms with E-state index in [2.05, 4.69) is 99.8 Å². The molecule has 0 rings (SSSR count). The Hall–Kier alpha value is -3.41. The van der Waals surface area contributed by atoms with Crippen molar-refractivity contribution in [2.24, 2.45) is 0 Å². The number of unbranched alkanes of at least 4 members (excludes halogenated alkanes) is 19. The van der Waals surface area contributed by atoms with E-state index in [1.54, 1.807) is 0 Å². The van der Waals surface area contributed by atoms with Gasteiger partial charge in [-0.2, -0.15) is 0 Å². The highest BCUT2D eigenvalue weighted by Gasteiger charge is 2.19. The zero-order valence-electron chi connectivity index (χ0n) is 39.7. The van der Waals surface area contributed by atoms with Gasteiger partial charge in [-0.05, 0) is 77.0 Å². The summed E-state index contributed by atoms with van der Waals surface area (Å²) in [6, 6.07) is 0. The quantitative estimate of drug-likeness (QED) is 0.0263. The van der Waals surface area contributed by atoms with E-state index >= 15 is 0 Å². The van der Waals surface area contributed by atoms with E-state index in [1.165, 1.54) is 103 Å². The van der Waals surface area contributed by atoms with Crippen LogP contribution in [0, 0.1) is 0 Å². The second-order valence-corrected chi connectivity index (χ2v) is 16.3. The van der Waals surface area contributed by atoms with Gasteiger partial charge in [0.05, 0.1) is 0 Å². The Balaban J connectivity index is 4.53. The summed E-state index contributed by atoms with van der Waals surface area (Å²) in [7, 11) is 0. The van der Waals surface area contributed by atoms with Crippen LogP contribution in [-0.2, 0) is 28.6 Å². The summed E-state index contributed by atoms with van der Waals surface area (Å²) in [6.07, 6.45) is 63.0. The van der Waals surface area contributed by atoms with Crippen LogP contribution in [0.15, 0.2) is 85.1 Å². The van der Waals surface area contributed by atoms with Crippen LogP contribution < -0.4 is 0 Å². The molecule has 61 heavy (non-hydrogen) atoms. The fourth-order valence-corrected chi connectivity index (χ4v) is 6.65. The summed E-state index contributed by atoms with van der Waals surface area (Å²) in [6.45, 7) is 6.41. The fraction of sp³-hybridized carbons (Fsp3) is 0.691. The van der Waals surface area contributed by atoms with Crippen molar-refractivity contribution in [2.75, 3.05) is 13.2 Å². The molecule has 0 bridgehead atoms. The number of carbonyl (C=O) groups is 3. The van der Waals surface area contributed by atoms with Crippen molar-refractivity contribution in [3.05, 3.63) is 85.1 Å². The maximum atomic E-state index is 12.7. The van der Waals surface area contributed by atoms with Gasteiger partial charge in [-0.1, -0.05) is 215 Å². The zero-order valence-corrected chi connectivity index (χ0v) is 39.7. The van der Waals surface area contributed by atoms with Crippen LogP contribution in [0.4, 0.5) is 0 Å². The number of rotatable bonds is 44.